The van der Waals surface area contributed by atoms with Crippen LogP contribution in [0, 0.1) is 0 Å². The number of carbonyl (C=O) groups excluding carboxylic acids is 1. The SMILES string of the molecule is CC(O)(CNC(=O)C=Cc1ccccc1)C(=O)O. The molecule has 0 saturated carbocycles. The van der Waals surface area contributed by atoms with Gasteiger partial charge >= 0.3 is 5.97 Å². The van der Waals surface area contributed by atoms with Gasteiger partial charge in [0, 0.05) is 6.08 Å². The molecule has 0 radical (unpaired) electrons. The van der Waals surface area contributed by atoms with Crippen molar-refractivity contribution in [3.63, 3.8) is 0 Å². The fourth-order valence-electron chi connectivity index (χ4n) is 1.13. The van der Waals surface area contributed by atoms with E-state index in [2.05, 4.69) is 5.32 Å². The molecule has 0 aliphatic rings. The Balaban J connectivity index is 2.48. The van der Waals surface area contributed by atoms with Crippen LogP contribution in [0.2, 0.25) is 0 Å². The third-order valence-corrected chi connectivity index (χ3v) is 2.29. The van der Waals surface area contributed by atoms with E-state index in [9.17, 15) is 14.7 Å². The van der Waals surface area contributed by atoms with Crippen LogP contribution in [0.5, 0.6) is 0 Å². The molecule has 1 amide bonds. The monoisotopic (exact) mass is 249 g/mol. The lowest BCUT2D eigenvalue weighted by Gasteiger charge is -2.17. The first-order valence-corrected chi connectivity index (χ1v) is 5.38. The Hall–Kier alpha value is -2.14. The average Bonchev–Trinajstić information content (AvgIpc) is 2.35. The van der Waals surface area contributed by atoms with Crippen LogP contribution < -0.4 is 5.32 Å². The molecule has 0 bridgehead atoms. The number of amides is 1. The predicted octanol–water partition coefficient (Wildman–Crippen LogP) is 0.652. The Labute approximate surface area is 105 Å². The summed E-state index contributed by atoms with van der Waals surface area (Å²) in [4.78, 5) is 22.0. The molecule has 5 nitrogen and oxygen atoms in total. The molecule has 0 heterocycles. The van der Waals surface area contributed by atoms with Crippen molar-refractivity contribution in [3.05, 3.63) is 42.0 Å². The summed E-state index contributed by atoms with van der Waals surface area (Å²) in [6, 6.07) is 9.20. The first-order chi connectivity index (χ1) is 8.42. The van der Waals surface area contributed by atoms with Gasteiger partial charge in [-0.3, -0.25) is 4.79 Å². The van der Waals surface area contributed by atoms with Crippen LogP contribution >= 0.6 is 0 Å². The van der Waals surface area contributed by atoms with E-state index < -0.39 is 17.5 Å². The minimum absolute atomic E-state index is 0.347. The van der Waals surface area contributed by atoms with Gasteiger partial charge in [-0.15, -0.1) is 0 Å². The molecule has 0 fully saturated rings. The second-order valence-corrected chi connectivity index (χ2v) is 4.04. The second-order valence-electron chi connectivity index (χ2n) is 4.04. The second kappa shape index (κ2) is 5.97. The van der Waals surface area contributed by atoms with Crippen molar-refractivity contribution in [2.24, 2.45) is 0 Å². The molecule has 0 aliphatic carbocycles. The lowest BCUT2D eigenvalue weighted by molar-refractivity contribution is -0.156. The third-order valence-electron chi connectivity index (χ3n) is 2.29. The van der Waals surface area contributed by atoms with Crippen LogP contribution in [0.1, 0.15) is 12.5 Å². The van der Waals surface area contributed by atoms with E-state index in [4.69, 9.17) is 5.11 Å². The maximum atomic E-state index is 11.4. The van der Waals surface area contributed by atoms with Crippen LogP contribution in [0.4, 0.5) is 0 Å². The molecule has 18 heavy (non-hydrogen) atoms. The fourth-order valence-corrected chi connectivity index (χ4v) is 1.13. The van der Waals surface area contributed by atoms with Gasteiger partial charge in [0.15, 0.2) is 5.60 Å². The Kier molecular flexibility index (Phi) is 4.62. The molecular weight excluding hydrogens is 234 g/mol. The Morgan fingerprint density at radius 2 is 1.94 bits per heavy atom. The van der Waals surface area contributed by atoms with E-state index in [-0.39, 0.29) is 6.54 Å². The number of aliphatic hydroxyl groups is 1. The zero-order chi connectivity index (χ0) is 13.6. The van der Waals surface area contributed by atoms with E-state index in [1.807, 2.05) is 30.3 Å². The summed E-state index contributed by atoms with van der Waals surface area (Å²) in [6.07, 6.45) is 2.89. The molecule has 5 heteroatoms. The molecule has 0 aliphatic heterocycles. The van der Waals surface area contributed by atoms with Gasteiger partial charge in [-0.2, -0.15) is 0 Å². The van der Waals surface area contributed by atoms with Gasteiger partial charge in [0.25, 0.3) is 0 Å². The molecule has 1 aromatic carbocycles. The largest absolute Gasteiger partial charge is 0.479 e. The zero-order valence-electron chi connectivity index (χ0n) is 9.96. The third kappa shape index (κ3) is 4.39. The maximum Gasteiger partial charge on any atom is 0.337 e. The normalized spacial score (nSPS) is 14.1. The van der Waals surface area contributed by atoms with E-state index in [0.717, 1.165) is 12.5 Å². The average molecular weight is 249 g/mol. The number of rotatable bonds is 5. The number of nitrogens with one attached hydrogen (secondary N) is 1. The zero-order valence-corrected chi connectivity index (χ0v) is 9.96. The highest BCUT2D eigenvalue weighted by atomic mass is 16.4. The number of benzene rings is 1. The summed E-state index contributed by atoms with van der Waals surface area (Å²) in [5.41, 5.74) is -1.10. The predicted molar refractivity (Wildman–Crippen MR) is 66.7 cm³/mol. The molecule has 1 atom stereocenters. The number of aliphatic carboxylic acids is 1. The molecular formula is C13H15NO4. The number of hydrogen-bond acceptors (Lipinski definition) is 3. The highest BCUT2D eigenvalue weighted by Gasteiger charge is 2.29. The fraction of sp³-hybridized carbons (Fsp3) is 0.231. The van der Waals surface area contributed by atoms with Crippen molar-refractivity contribution in [3.8, 4) is 0 Å². The van der Waals surface area contributed by atoms with E-state index in [0.29, 0.717) is 0 Å². The molecule has 1 aromatic rings. The Morgan fingerprint density at radius 1 is 1.33 bits per heavy atom. The summed E-state index contributed by atoms with van der Waals surface area (Å²) < 4.78 is 0. The first-order valence-electron chi connectivity index (χ1n) is 5.38. The maximum absolute atomic E-state index is 11.4. The van der Waals surface area contributed by atoms with Crippen LogP contribution in [0.15, 0.2) is 36.4 Å². The van der Waals surface area contributed by atoms with Crippen molar-refractivity contribution >= 4 is 18.0 Å². The Bertz CT molecular complexity index is 451. The highest BCUT2D eigenvalue weighted by molar-refractivity contribution is 5.92. The molecule has 0 spiro atoms. The van der Waals surface area contributed by atoms with Gasteiger partial charge in [-0.05, 0) is 18.6 Å². The summed E-state index contributed by atoms with van der Waals surface area (Å²) in [7, 11) is 0. The van der Waals surface area contributed by atoms with Gasteiger partial charge in [0.1, 0.15) is 0 Å². The standard InChI is InChI=1S/C13H15NO4/c1-13(18,12(16)17)9-14-11(15)8-7-10-5-3-2-4-6-10/h2-8,18H,9H2,1H3,(H,14,15)(H,16,17). The van der Waals surface area contributed by atoms with Crippen LogP contribution in [0.3, 0.4) is 0 Å². The van der Waals surface area contributed by atoms with Gasteiger partial charge in [0.05, 0.1) is 6.54 Å². The van der Waals surface area contributed by atoms with Crippen molar-refractivity contribution in [1.29, 1.82) is 0 Å². The number of hydrogen-bond donors (Lipinski definition) is 3. The molecule has 0 aromatic heterocycles. The number of carboxylic acids is 1. The minimum Gasteiger partial charge on any atom is -0.479 e. The molecule has 1 unspecified atom stereocenters. The van der Waals surface area contributed by atoms with Crippen molar-refractivity contribution in [1.82, 2.24) is 5.32 Å². The molecule has 0 saturated heterocycles. The Morgan fingerprint density at radius 3 is 2.50 bits per heavy atom. The molecule has 96 valence electrons. The summed E-state index contributed by atoms with van der Waals surface area (Å²) in [5.74, 6) is -1.84. The molecule has 3 N–H and O–H groups in total. The van der Waals surface area contributed by atoms with E-state index in [1.54, 1.807) is 6.08 Å². The summed E-state index contributed by atoms with van der Waals surface area (Å²) in [6.45, 7) is 0.775. The number of carboxylic acid groups (broad SMARTS) is 1. The van der Waals surface area contributed by atoms with Crippen molar-refractivity contribution < 1.29 is 19.8 Å². The van der Waals surface area contributed by atoms with Crippen molar-refractivity contribution in [2.75, 3.05) is 6.54 Å². The summed E-state index contributed by atoms with van der Waals surface area (Å²) >= 11 is 0. The van der Waals surface area contributed by atoms with Gasteiger partial charge in [0.2, 0.25) is 5.91 Å². The van der Waals surface area contributed by atoms with Gasteiger partial charge in [-0.1, -0.05) is 30.3 Å². The quantitative estimate of drug-likeness (QED) is 0.669. The minimum atomic E-state index is -1.96. The lowest BCUT2D eigenvalue weighted by atomic mass is 10.1. The highest BCUT2D eigenvalue weighted by Crippen LogP contribution is 2.02. The smallest absolute Gasteiger partial charge is 0.337 e. The van der Waals surface area contributed by atoms with Crippen LogP contribution in [0.25, 0.3) is 6.08 Å². The van der Waals surface area contributed by atoms with Crippen LogP contribution in [-0.4, -0.2) is 34.2 Å². The van der Waals surface area contributed by atoms with Crippen molar-refractivity contribution in [2.45, 2.75) is 12.5 Å². The summed E-state index contributed by atoms with van der Waals surface area (Å²) in [5, 5.41) is 20.3. The van der Waals surface area contributed by atoms with E-state index >= 15 is 0 Å². The van der Waals surface area contributed by atoms with Gasteiger partial charge < -0.3 is 15.5 Å². The first kappa shape index (κ1) is 13.9. The topological polar surface area (TPSA) is 86.6 Å². The number of carbonyl (C=O) groups is 2. The van der Waals surface area contributed by atoms with Gasteiger partial charge in [-0.25, -0.2) is 4.79 Å². The van der Waals surface area contributed by atoms with Crippen LogP contribution in [-0.2, 0) is 9.59 Å². The van der Waals surface area contributed by atoms with E-state index in [1.165, 1.54) is 6.08 Å². The molecule has 1 rings (SSSR count). The lowest BCUT2D eigenvalue weighted by Crippen LogP contribution is -2.46.